The van der Waals surface area contributed by atoms with Crippen molar-refractivity contribution >= 4 is 23.1 Å². The molecule has 6 nitrogen and oxygen atoms in total. The molecule has 0 spiro atoms. The number of aromatic nitrogens is 1. The minimum atomic E-state index is -0.600. The number of hydrogen-bond donors (Lipinski definition) is 1. The molecule has 6 heteroatoms. The topological polar surface area (TPSA) is 71.5 Å². The van der Waals surface area contributed by atoms with E-state index in [1.807, 2.05) is 46.0 Å². The number of hydrogen-bond acceptors (Lipinski definition) is 5. The number of ether oxygens (including phenoxy) is 1. The first-order chi connectivity index (χ1) is 14.7. The molecule has 0 aliphatic carbocycles. The molecule has 0 atom stereocenters. The molecular weight excluding hydrogens is 390 g/mol. The lowest BCUT2D eigenvalue weighted by Gasteiger charge is -2.27. The molecule has 0 saturated heterocycles. The molecule has 1 aromatic carbocycles. The van der Waals surface area contributed by atoms with Crippen LogP contribution >= 0.6 is 0 Å². The minimum absolute atomic E-state index is 0.136. The summed E-state index contributed by atoms with van der Waals surface area (Å²) in [6.45, 7) is 7.19. The first kappa shape index (κ1) is 21.2. The number of nitrogens with one attached hydrogen (secondary N) is 1. The van der Waals surface area contributed by atoms with E-state index in [9.17, 15) is 9.59 Å². The molecule has 3 heterocycles. The Morgan fingerprint density at radius 3 is 2.68 bits per heavy atom. The fourth-order valence-corrected chi connectivity index (χ4v) is 4.18. The van der Waals surface area contributed by atoms with Gasteiger partial charge in [-0.15, -0.1) is 0 Å². The third kappa shape index (κ3) is 4.39. The molecule has 2 aromatic rings. The molecular formula is C25H29N3O3. The quantitative estimate of drug-likeness (QED) is 0.762. The highest BCUT2D eigenvalue weighted by molar-refractivity contribution is 5.99. The maximum absolute atomic E-state index is 13.0. The summed E-state index contributed by atoms with van der Waals surface area (Å²) in [5.74, 6) is -0.274. The van der Waals surface area contributed by atoms with Gasteiger partial charge < -0.3 is 15.0 Å². The van der Waals surface area contributed by atoms with Crippen molar-refractivity contribution in [1.29, 1.82) is 0 Å². The van der Waals surface area contributed by atoms with Gasteiger partial charge in [0.05, 0.1) is 0 Å². The normalized spacial score (nSPS) is 16.6. The lowest BCUT2D eigenvalue weighted by Crippen LogP contribution is -2.31. The number of amides is 1. The number of esters is 1. The van der Waals surface area contributed by atoms with Gasteiger partial charge in [-0.2, -0.15) is 0 Å². The van der Waals surface area contributed by atoms with Crippen molar-refractivity contribution in [2.24, 2.45) is 0 Å². The van der Waals surface area contributed by atoms with Gasteiger partial charge in [0.15, 0.2) is 5.69 Å². The lowest BCUT2D eigenvalue weighted by atomic mass is 9.88. The van der Waals surface area contributed by atoms with Crippen LogP contribution in [0, 0.1) is 0 Å². The summed E-state index contributed by atoms with van der Waals surface area (Å²) in [4.78, 5) is 31.3. The smallest absolute Gasteiger partial charge is 0.358 e. The fraction of sp³-hybridized carbons (Fsp3) is 0.400. The average Bonchev–Trinajstić information content (AvgIpc) is 2.75. The molecule has 1 aromatic heterocycles. The number of nitrogens with zero attached hydrogens (tertiary/aromatic N) is 2. The second-order valence-electron chi connectivity index (χ2n) is 9.06. The van der Waals surface area contributed by atoms with E-state index in [1.165, 1.54) is 0 Å². The molecule has 1 N–H and O–H groups in total. The maximum atomic E-state index is 13.0. The van der Waals surface area contributed by atoms with Gasteiger partial charge in [0.1, 0.15) is 5.60 Å². The van der Waals surface area contributed by atoms with Crippen LogP contribution in [0.3, 0.4) is 0 Å². The van der Waals surface area contributed by atoms with Crippen LogP contribution in [0.2, 0.25) is 0 Å². The van der Waals surface area contributed by atoms with Crippen LogP contribution in [0.5, 0.6) is 0 Å². The van der Waals surface area contributed by atoms with Crippen molar-refractivity contribution in [3.63, 3.8) is 0 Å². The monoisotopic (exact) mass is 419 g/mol. The van der Waals surface area contributed by atoms with Crippen LogP contribution < -0.4 is 10.2 Å². The van der Waals surface area contributed by atoms with Crippen LogP contribution in [0.15, 0.2) is 36.5 Å². The molecule has 31 heavy (non-hydrogen) atoms. The Balaban J connectivity index is 1.85. The Kier molecular flexibility index (Phi) is 5.67. The van der Waals surface area contributed by atoms with Crippen molar-refractivity contribution in [3.05, 3.63) is 53.4 Å². The summed E-state index contributed by atoms with van der Waals surface area (Å²) >= 11 is 0. The van der Waals surface area contributed by atoms with Gasteiger partial charge in [-0.1, -0.05) is 12.1 Å². The summed E-state index contributed by atoms with van der Waals surface area (Å²) in [6.07, 6.45) is 5.85. The zero-order valence-corrected chi connectivity index (χ0v) is 18.6. The number of aryl methyl sites for hydroxylation is 1. The molecule has 0 fully saturated rings. The Bertz CT molecular complexity index is 1070. The predicted molar refractivity (Wildman–Crippen MR) is 122 cm³/mol. The van der Waals surface area contributed by atoms with Crippen molar-refractivity contribution in [1.82, 2.24) is 10.3 Å². The Morgan fingerprint density at radius 2 is 1.97 bits per heavy atom. The van der Waals surface area contributed by atoms with E-state index in [-0.39, 0.29) is 5.91 Å². The molecule has 4 rings (SSSR count). The number of fused-ring (bicyclic) bond motifs is 1. The van der Waals surface area contributed by atoms with Crippen LogP contribution in [-0.4, -0.2) is 42.6 Å². The molecule has 0 saturated carbocycles. The van der Waals surface area contributed by atoms with Gasteiger partial charge in [-0.25, -0.2) is 9.78 Å². The predicted octanol–water partition coefficient (Wildman–Crippen LogP) is 3.99. The number of carbonyl (C=O) groups is 2. The molecule has 0 unspecified atom stereocenters. The number of anilines is 1. The Morgan fingerprint density at radius 1 is 1.16 bits per heavy atom. The Labute approximate surface area is 183 Å². The highest BCUT2D eigenvalue weighted by atomic mass is 16.6. The second-order valence-corrected chi connectivity index (χ2v) is 9.06. The molecule has 2 aliphatic heterocycles. The fourth-order valence-electron chi connectivity index (χ4n) is 4.18. The molecule has 0 radical (unpaired) electrons. The average molecular weight is 420 g/mol. The van der Waals surface area contributed by atoms with E-state index in [2.05, 4.69) is 22.4 Å². The SMILES string of the molecule is CN1C(=O)CCc2cc(-c3ccnc(C(=O)OC(C)(C)C)c3C3=CCNCC3)ccc21. The molecule has 162 valence electrons. The minimum Gasteiger partial charge on any atom is -0.455 e. The van der Waals surface area contributed by atoms with Crippen molar-refractivity contribution in [3.8, 4) is 11.1 Å². The van der Waals surface area contributed by atoms with Crippen LogP contribution in [0.4, 0.5) is 5.69 Å². The van der Waals surface area contributed by atoms with E-state index in [0.29, 0.717) is 12.1 Å². The number of carbonyl (C=O) groups excluding carboxylic acids is 2. The Hall–Kier alpha value is -2.99. The van der Waals surface area contributed by atoms with Crippen LogP contribution in [0.25, 0.3) is 16.7 Å². The molecule has 2 aliphatic rings. The zero-order chi connectivity index (χ0) is 22.2. The summed E-state index contributed by atoms with van der Waals surface area (Å²) < 4.78 is 5.67. The van der Waals surface area contributed by atoms with E-state index in [1.54, 1.807) is 11.1 Å². The van der Waals surface area contributed by atoms with Crippen molar-refractivity contribution < 1.29 is 14.3 Å². The second kappa shape index (κ2) is 8.27. The highest BCUT2D eigenvalue weighted by Gasteiger charge is 2.27. The third-order valence-electron chi connectivity index (χ3n) is 5.66. The van der Waals surface area contributed by atoms with Gasteiger partial charge in [-0.05, 0) is 80.6 Å². The maximum Gasteiger partial charge on any atom is 0.358 e. The van der Waals surface area contributed by atoms with E-state index < -0.39 is 11.6 Å². The van der Waals surface area contributed by atoms with Gasteiger partial charge in [0.25, 0.3) is 0 Å². The first-order valence-electron chi connectivity index (χ1n) is 10.8. The van der Waals surface area contributed by atoms with Gasteiger partial charge >= 0.3 is 5.97 Å². The molecule has 1 amide bonds. The summed E-state index contributed by atoms with van der Waals surface area (Å²) in [5, 5.41) is 3.33. The van der Waals surface area contributed by atoms with E-state index in [4.69, 9.17) is 4.74 Å². The van der Waals surface area contributed by atoms with Gasteiger partial charge in [0.2, 0.25) is 5.91 Å². The number of pyridine rings is 1. The highest BCUT2D eigenvalue weighted by Crippen LogP contribution is 2.37. The summed E-state index contributed by atoms with van der Waals surface area (Å²) in [6, 6.07) is 8.12. The summed E-state index contributed by atoms with van der Waals surface area (Å²) in [5.41, 5.74) is 5.77. The molecule has 0 bridgehead atoms. The lowest BCUT2D eigenvalue weighted by molar-refractivity contribution is -0.118. The van der Waals surface area contributed by atoms with Crippen LogP contribution in [0.1, 0.15) is 55.2 Å². The van der Waals surface area contributed by atoms with E-state index >= 15 is 0 Å². The first-order valence-corrected chi connectivity index (χ1v) is 10.8. The third-order valence-corrected chi connectivity index (χ3v) is 5.66. The largest absolute Gasteiger partial charge is 0.455 e. The van der Waals surface area contributed by atoms with Crippen molar-refractivity contribution in [2.45, 2.75) is 45.6 Å². The van der Waals surface area contributed by atoms with Gasteiger partial charge in [0, 0.05) is 37.5 Å². The van der Waals surface area contributed by atoms with Crippen molar-refractivity contribution in [2.75, 3.05) is 25.0 Å². The summed E-state index contributed by atoms with van der Waals surface area (Å²) in [7, 11) is 1.82. The van der Waals surface area contributed by atoms with E-state index in [0.717, 1.165) is 59.4 Å². The van der Waals surface area contributed by atoms with Crippen LogP contribution in [-0.2, 0) is 16.0 Å². The number of benzene rings is 1. The standard InChI is InChI=1S/C25H29N3O3/c1-25(2,3)31-24(30)23-22(16-9-12-26-13-10-16)19(11-14-27-23)17-5-7-20-18(15-17)6-8-21(29)28(20)4/h5,7,9,11,14-15,26H,6,8,10,12-13H2,1-4H3. The number of rotatable bonds is 3. The van der Waals surface area contributed by atoms with Gasteiger partial charge in [-0.3, -0.25) is 4.79 Å². The zero-order valence-electron chi connectivity index (χ0n) is 18.6.